The first kappa shape index (κ1) is 17.5. The molecule has 0 spiro atoms. The molecule has 0 aliphatic carbocycles. The van der Waals surface area contributed by atoms with Crippen molar-refractivity contribution in [3.05, 3.63) is 12.7 Å². The van der Waals surface area contributed by atoms with Gasteiger partial charge in [0.25, 0.3) is 0 Å². The molecule has 0 aliphatic rings. The van der Waals surface area contributed by atoms with Gasteiger partial charge in [0.2, 0.25) is 0 Å². The van der Waals surface area contributed by atoms with Gasteiger partial charge in [-0.05, 0) is 6.42 Å². The van der Waals surface area contributed by atoms with Gasteiger partial charge < -0.3 is 16.6 Å². The van der Waals surface area contributed by atoms with E-state index in [1.54, 1.807) is 11.0 Å². The molecule has 0 aromatic rings. The Kier molecular flexibility index (Phi) is 12.4. The van der Waals surface area contributed by atoms with E-state index in [9.17, 15) is 4.79 Å². The average Bonchev–Trinajstić information content (AvgIpc) is 2.13. The van der Waals surface area contributed by atoms with Crippen molar-refractivity contribution >= 4 is 35.5 Å². The number of carboxylic acid groups (broad SMARTS) is 1. The second-order valence-electron chi connectivity index (χ2n) is 2.99. The fraction of sp³-hybridized carbons (Fsp3) is 0.667. The van der Waals surface area contributed by atoms with Crippen molar-refractivity contribution in [2.45, 2.75) is 12.5 Å². The van der Waals surface area contributed by atoms with E-state index in [1.165, 1.54) is 0 Å². The summed E-state index contributed by atoms with van der Waals surface area (Å²) < 4.78 is 0. The monoisotopic (exact) mass is 224 g/mol. The van der Waals surface area contributed by atoms with E-state index in [-0.39, 0.29) is 29.6 Å². The molecule has 5 N–H and O–H groups in total. The van der Waals surface area contributed by atoms with E-state index in [4.69, 9.17) is 16.6 Å². The van der Waals surface area contributed by atoms with Crippen molar-refractivity contribution in [2.75, 3.05) is 26.2 Å². The number of hydrogen-bond donors (Lipinski definition) is 3. The number of aliphatic carboxylic acids is 1. The Labute approximate surface area is 113 Å². The van der Waals surface area contributed by atoms with Gasteiger partial charge in [0.05, 0.1) is 0 Å². The first-order valence-electron chi connectivity index (χ1n) is 4.65. The summed E-state index contributed by atoms with van der Waals surface area (Å²) in [5.41, 5.74) is 10.8. The summed E-state index contributed by atoms with van der Waals surface area (Å²) in [6.45, 7) is 5.48. The summed E-state index contributed by atoms with van der Waals surface area (Å²) in [5, 5.41) is 8.96. The molecule has 0 bridgehead atoms. The van der Waals surface area contributed by atoms with Crippen LogP contribution in [0.5, 0.6) is 0 Å². The predicted octanol–water partition coefficient (Wildman–Crippen LogP) is -1.15. The van der Waals surface area contributed by atoms with Crippen LogP contribution in [0.2, 0.25) is 0 Å². The Bertz CT molecular complexity index is 184. The maximum atomic E-state index is 10.9. The van der Waals surface area contributed by atoms with Crippen LogP contribution in [-0.4, -0.2) is 77.8 Å². The molecule has 1 unspecified atom stereocenters. The molecule has 0 heterocycles. The Balaban J connectivity index is 0. The van der Waals surface area contributed by atoms with Crippen LogP contribution in [0.1, 0.15) is 6.42 Å². The number of rotatable bonds is 8. The zero-order valence-electron chi connectivity index (χ0n) is 9.35. The second kappa shape index (κ2) is 10.6. The first-order chi connectivity index (χ1) is 6.67. The smallest absolute Gasteiger partial charge is 0.321 e. The fourth-order valence-electron chi connectivity index (χ4n) is 1.32. The topological polar surface area (TPSA) is 92.6 Å². The molecule has 83 valence electrons. The summed E-state index contributed by atoms with van der Waals surface area (Å²) in [4.78, 5) is 12.7. The van der Waals surface area contributed by atoms with Gasteiger partial charge in [-0.1, -0.05) is 6.08 Å². The molecular formula is C9H19N3NaO2. The molecule has 0 aromatic carbocycles. The van der Waals surface area contributed by atoms with Crippen LogP contribution >= 0.6 is 0 Å². The summed E-state index contributed by atoms with van der Waals surface area (Å²) >= 11 is 0. The molecule has 15 heavy (non-hydrogen) atoms. The van der Waals surface area contributed by atoms with Crippen molar-refractivity contribution in [2.24, 2.45) is 11.5 Å². The molecule has 6 heteroatoms. The van der Waals surface area contributed by atoms with Crippen LogP contribution in [0.15, 0.2) is 12.7 Å². The summed E-state index contributed by atoms with van der Waals surface area (Å²) in [5.74, 6) is -0.855. The van der Waals surface area contributed by atoms with Gasteiger partial charge in [-0.15, -0.1) is 6.58 Å². The maximum Gasteiger partial charge on any atom is 0.321 e. The number of nitrogens with two attached hydrogens (primary N) is 2. The van der Waals surface area contributed by atoms with E-state index >= 15 is 0 Å². The third-order valence-electron chi connectivity index (χ3n) is 1.95. The SMILES string of the molecule is C=CCC(C(=O)O)N(CCN)CCN.[Na]. The Morgan fingerprint density at radius 3 is 2.13 bits per heavy atom. The number of nitrogens with zero attached hydrogens (tertiary/aromatic N) is 1. The van der Waals surface area contributed by atoms with Crippen LogP contribution in [-0.2, 0) is 4.79 Å². The zero-order valence-corrected chi connectivity index (χ0v) is 11.4. The van der Waals surface area contributed by atoms with E-state index in [0.717, 1.165) is 0 Å². The number of carboxylic acids is 1. The molecule has 0 aliphatic heterocycles. The molecule has 0 amide bonds. The second-order valence-corrected chi connectivity index (χ2v) is 2.99. The zero-order chi connectivity index (χ0) is 11.0. The molecule has 0 saturated heterocycles. The largest absolute Gasteiger partial charge is 0.480 e. The van der Waals surface area contributed by atoms with Crippen LogP contribution in [0, 0.1) is 0 Å². The number of hydrogen-bond acceptors (Lipinski definition) is 4. The van der Waals surface area contributed by atoms with E-state index < -0.39 is 12.0 Å². The third-order valence-corrected chi connectivity index (χ3v) is 1.95. The van der Waals surface area contributed by atoms with Gasteiger partial charge in [0.15, 0.2) is 0 Å². The van der Waals surface area contributed by atoms with Crippen LogP contribution in [0.25, 0.3) is 0 Å². The maximum absolute atomic E-state index is 10.9. The van der Waals surface area contributed by atoms with Gasteiger partial charge in [-0.25, -0.2) is 0 Å². The fourth-order valence-corrected chi connectivity index (χ4v) is 1.32. The van der Waals surface area contributed by atoms with Gasteiger partial charge in [-0.2, -0.15) is 0 Å². The van der Waals surface area contributed by atoms with Crippen LogP contribution in [0.3, 0.4) is 0 Å². The van der Waals surface area contributed by atoms with Crippen molar-refractivity contribution in [1.29, 1.82) is 0 Å². The van der Waals surface area contributed by atoms with Crippen LogP contribution < -0.4 is 11.5 Å². The average molecular weight is 224 g/mol. The molecular weight excluding hydrogens is 205 g/mol. The Morgan fingerprint density at radius 2 is 1.87 bits per heavy atom. The molecule has 0 aromatic heterocycles. The van der Waals surface area contributed by atoms with Gasteiger partial charge in [0.1, 0.15) is 6.04 Å². The standard InChI is InChI=1S/C9H19N3O2.Na/c1-2-3-8(9(13)14)12(6-4-10)7-5-11;/h2,8H,1,3-7,10-11H2,(H,13,14);. The van der Waals surface area contributed by atoms with E-state index in [1.807, 2.05) is 0 Å². The molecule has 0 fully saturated rings. The number of carbonyl (C=O) groups is 1. The normalized spacial score (nSPS) is 11.9. The van der Waals surface area contributed by atoms with E-state index in [0.29, 0.717) is 32.6 Å². The van der Waals surface area contributed by atoms with E-state index in [2.05, 4.69) is 6.58 Å². The van der Waals surface area contributed by atoms with Crippen LogP contribution in [0.4, 0.5) is 0 Å². The first-order valence-corrected chi connectivity index (χ1v) is 4.65. The Morgan fingerprint density at radius 1 is 1.40 bits per heavy atom. The van der Waals surface area contributed by atoms with Crippen molar-refractivity contribution in [1.82, 2.24) is 4.90 Å². The van der Waals surface area contributed by atoms with Gasteiger partial charge >= 0.3 is 5.97 Å². The minimum absolute atomic E-state index is 0. The van der Waals surface area contributed by atoms with Gasteiger partial charge in [0, 0.05) is 55.7 Å². The van der Waals surface area contributed by atoms with Crippen molar-refractivity contribution < 1.29 is 9.90 Å². The third kappa shape index (κ3) is 7.05. The molecule has 1 atom stereocenters. The van der Waals surface area contributed by atoms with Gasteiger partial charge in [-0.3, -0.25) is 9.69 Å². The minimum atomic E-state index is -0.855. The van der Waals surface area contributed by atoms with Crippen molar-refractivity contribution in [3.63, 3.8) is 0 Å². The summed E-state index contributed by atoms with van der Waals surface area (Å²) in [7, 11) is 0. The summed E-state index contributed by atoms with van der Waals surface area (Å²) in [6.07, 6.45) is 2.01. The van der Waals surface area contributed by atoms with Crippen molar-refractivity contribution in [3.8, 4) is 0 Å². The molecule has 0 saturated carbocycles. The Hall–Kier alpha value is 0.0900. The molecule has 1 radical (unpaired) electrons. The predicted molar refractivity (Wildman–Crippen MR) is 61.7 cm³/mol. The summed E-state index contributed by atoms with van der Waals surface area (Å²) in [6, 6.07) is -0.556. The minimum Gasteiger partial charge on any atom is -0.480 e. The molecule has 5 nitrogen and oxygen atoms in total. The molecule has 0 rings (SSSR count). The quantitative estimate of drug-likeness (QED) is 0.358.